The van der Waals surface area contributed by atoms with Crippen molar-refractivity contribution in [3.8, 4) is 10.6 Å². The van der Waals surface area contributed by atoms with E-state index in [4.69, 9.17) is 0 Å². The first-order chi connectivity index (χ1) is 12.9. The number of aromatic nitrogens is 3. The van der Waals surface area contributed by atoms with Crippen LogP contribution in [0.15, 0.2) is 30.5 Å². The van der Waals surface area contributed by atoms with Crippen molar-refractivity contribution in [2.45, 2.75) is 25.4 Å². The topological polar surface area (TPSA) is 71.0 Å². The number of carbonyl (C=O) groups is 1. The van der Waals surface area contributed by atoms with E-state index in [1.54, 1.807) is 12.3 Å². The zero-order valence-corrected chi connectivity index (χ0v) is 16.0. The number of alkyl halides is 1. The summed E-state index contributed by atoms with van der Waals surface area (Å²) in [5.74, 6) is -0.257. The van der Waals surface area contributed by atoms with Crippen molar-refractivity contribution in [3.63, 3.8) is 0 Å². The maximum absolute atomic E-state index is 14.9. The molecule has 0 atom stereocenters. The lowest BCUT2D eigenvalue weighted by atomic mass is 9.92. The molecule has 1 aromatic carbocycles. The van der Waals surface area contributed by atoms with Gasteiger partial charge in [-0.3, -0.25) is 4.79 Å². The van der Waals surface area contributed by atoms with E-state index in [0.29, 0.717) is 18.9 Å². The molecule has 1 N–H and O–H groups in total. The van der Waals surface area contributed by atoms with Crippen LogP contribution in [-0.2, 0) is 4.79 Å². The Morgan fingerprint density at radius 2 is 2.00 bits per heavy atom. The number of anilines is 1. The predicted octanol–water partition coefficient (Wildman–Crippen LogP) is 3.43. The Hall–Kier alpha value is -2.45. The lowest BCUT2D eigenvalue weighted by Crippen LogP contribution is -2.47. The summed E-state index contributed by atoms with van der Waals surface area (Å²) in [4.78, 5) is 18.7. The molecular formula is C19H20FN5OS. The fraction of sp³-hybridized carbons (Fsp3) is 0.368. The average molecular weight is 385 g/mol. The van der Waals surface area contributed by atoms with Crippen molar-refractivity contribution in [3.05, 3.63) is 35.5 Å². The van der Waals surface area contributed by atoms with Gasteiger partial charge >= 0.3 is 0 Å². The summed E-state index contributed by atoms with van der Waals surface area (Å²) in [6.07, 6.45) is 2.08. The van der Waals surface area contributed by atoms with E-state index in [2.05, 4.69) is 20.5 Å². The van der Waals surface area contributed by atoms with Gasteiger partial charge in [0.25, 0.3) is 5.91 Å². The number of pyridine rings is 1. The number of benzene rings is 1. The maximum atomic E-state index is 14.9. The summed E-state index contributed by atoms with van der Waals surface area (Å²) < 4.78 is 14.9. The van der Waals surface area contributed by atoms with Crippen molar-refractivity contribution >= 4 is 33.8 Å². The van der Waals surface area contributed by atoms with E-state index < -0.39 is 11.6 Å². The lowest BCUT2D eigenvalue weighted by Gasteiger charge is -2.33. The molecule has 1 fully saturated rings. The number of piperidine rings is 1. The van der Waals surface area contributed by atoms with Crippen molar-refractivity contribution in [2.24, 2.45) is 0 Å². The van der Waals surface area contributed by atoms with Crippen LogP contribution in [0.1, 0.15) is 17.8 Å². The first-order valence-electron chi connectivity index (χ1n) is 8.82. The number of nitrogens with one attached hydrogen (secondary N) is 1. The third-order valence-corrected chi connectivity index (χ3v) is 5.81. The van der Waals surface area contributed by atoms with Crippen molar-refractivity contribution in [2.75, 3.05) is 25.5 Å². The first-order valence-corrected chi connectivity index (χ1v) is 9.64. The molecule has 3 aromatic rings. The molecule has 0 spiro atoms. The standard InChI is InChI=1S/C19H20FN5OS/c1-12-23-24-17(27-12)13-3-4-14-11-21-16(10-15(14)9-13)22-18(26)19(20)5-7-25(2)8-6-19/h3-4,9-11H,5-8H2,1-2H3,(H,21,22,26). The van der Waals surface area contributed by atoms with E-state index >= 15 is 0 Å². The highest BCUT2D eigenvalue weighted by Crippen LogP contribution is 2.29. The number of hydrogen-bond donors (Lipinski definition) is 1. The van der Waals surface area contributed by atoms with E-state index in [-0.39, 0.29) is 12.8 Å². The molecule has 1 amide bonds. The summed E-state index contributed by atoms with van der Waals surface area (Å²) in [6.45, 7) is 3.05. The second kappa shape index (κ2) is 6.94. The Bertz CT molecular complexity index is 997. The molecule has 8 heteroatoms. The third kappa shape index (κ3) is 3.68. The van der Waals surface area contributed by atoms with E-state index in [1.165, 1.54) is 11.3 Å². The highest BCUT2D eigenvalue weighted by Gasteiger charge is 2.41. The molecule has 1 saturated heterocycles. The monoisotopic (exact) mass is 385 g/mol. The molecule has 140 valence electrons. The molecule has 1 aliphatic heterocycles. The second-order valence-corrected chi connectivity index (χ2v) is 8.16. The molecule has 0 aliphatic carbocycles. The fourth-order valence-electron chi connectivity index (χ4n) is 3.18. The summed E-state index contributed by atoms with van der Waals surface area (Å²) in [5, 5.41) is 14.5. The van der Waals surface area contributed by atoms with Crippen LogP contribution in [0, 0.1) is 6.92 Å². The van der Waals surface area contributed by atoms with Crippen molar-refractivity contribution in [1.29, 1.82) is 0 Å². The molecule has 1 aliphatic rings. The normalized spacial score (nSPS) is 17.1. The molecule has 0 radical (unpaired) electrons. The lowest BCUT2D eigenvalue weighted by molar-refractivity contribution is -0.130. The molecule has 27 heavy (non-hydrogen) atoms. The molecule has 0 unspecified atom stereocenters. The molecule has 6 nitrogen and oxygen atoms in total. The Kier molecular flexibility index (Phi) is 4.61. The molecule has 2 aromatic heterocycles. The molecule has 4 rings (SSSR count). The highest BCUT2D eigenvalue weighted by molar-refractivity contribution is 7.14. The summed E-state index contributed by atoms with van der Waals surface area (Å²) in [5.41, 5.74) is -0.886. The van der Waals surface area contributed by atoms with Crippen LogP contribution in [0.3, 0.4) is 0 Å². The van der Waals surface area contributed by atoms with Crippen LogP contribution in [0.2, 0.25) is 0 Å². The number of aryl methyl sites for hydroxylation is 1. The van der Waals surface area contributed by atoms with Crippen LogP contribution < -0.4 is 5.32 Å². The number of fused-ring (bicyclic) bond motifs is 1. The minimum atomic E-state index is -1.84. The van der Waals surface area contributed by atoms with Crippen LogP contribution in [-0.4, -0.2) is 51.8 Å². The summed E-state index contributed by atoms with van der Waals surface area (Å²) in [6, 6.07) is 7.67. The van der Waals surface area contributed by atoms with E-state index in [1.807, 2.05) is 37.1 Å². The van der Waals surface area contributed by atoms with Gasteiger partial charge in [0.1, 0.15) is 15.8 Å². The zero-order valence-electron chi connectivity index (χ0n) is 15.2. The fourth-order valence-corrected chi connectivity index (χ4v) is 3.87. The van der Waals surface area contributed by atoms with Crippen LogP contribution in [0.25, 0.3) is 21.3 Å². The van der Waals surface area contributed by atoms with Gasteiger partial charge in [-0.05, 0) is 31.5 Å². The Labute approximate surface area is 160 Å². The second-order valence-electron chi connectivity index (χ2n) is 6.98. The number of nitrogens with zero attached hydrogens (tertiary/aromatic N) is 4. The molecule has 3 heterocycles. The number of rotatable bonds is 3. The average Bonchev–Trinajstić information content (AvgIpc) is 3.10. The quantitative estimate of drug-likeness (QED) is 0.748. The van der Waals surface area contributed by atoms with Crippen LogP contribution in [0.5, 0.6) is 0 Å². The van der Waals surface area contributed by atoms with E-state index in [9.17, 15) is 9.18 Å². The van der Waals surface area contributed by atoms with Crippen molar-refractivity contribution in [1.82, 2.24) is 20.1 Å². The van der Waals surface area contributed by atoms with Gasteiger partial charge < -0.3 is 10.2 Å². The number of halogens is 1. The summed E-state index contributed by atoms with van der Waals surface area (Å²) in [7, 11) is 1.93. The predicted molar refractivity (Wildman–Crippen MR) is 105 cm³/mol. The van der Waals surface area contributed by atoms with Gasteiger partial charge in [0, 0.05) is 43.1 Å². The Balaban J connectivity index is 1.58. The Morgan fingerprint density at radius 1 is 1.22 bits per heavy atom. The minimum absolute atomic E-state index is 0.198. The zero-order chi connectivity index (χ0) is 19.0. The number of hydrogen-bond acceptors (Lipinski definition) is 6. The maximum Gasteiger partial charge on any atom is 0.263 e. The minimum Gasteiger partial charge on any atom is -0.308 e. The van der Waals surface area contributed by atoms with Gasteiger partial charge in [-0.1, -0.05) is 23.5 Å². The molecule has 0 saturated carbocycles. The number of likely N-dealkylation sites (tertiary alicyclic amines) is 1. The van der Waals surface area contributed by atoms with Gasteiger partial charge in [0.15, 0.2) is 5.67 Å². The van der Waals surface area contributed by atoms with Gasteiger partial charge in [0.05, 0.1) is 0 Å². The SMILES string of the molecule is Cc1nnc(-c2ccc3cnc(NC(=O)C4(F)CCN(C)CC4)cc3c2)s1. The van der Waals surface area contributed by atoms with Crippen LogP contribution >= 0.6 is 11.3 Å². The number of carbonyl (C=O) groups excluding carboxylic acids is 1. The van der Waals surface area contributed by atoms with Crippen LogP contribution in [0.4, 0.5) is 10.2 Å². The van der Waals surface area contributed by atoms with Gasteiger partial charge in [-0.15, -0.1) is 10.2 Å². The van der Waals surface area contributed by atoms with E-state index in [0.717, 1.165) is 26.4 Å². The van der Waals surface area contributed by atoms with Gasteiger partial charge in [-0.2, -0.15) is 0 Å². The first kappa shape index (κ1) is 17.9. The smallest absolute Gasteiger partial charge is 0.263 e. The third-order valence-electron chi connectivity index (χ3n) is 4.92. The largest absolute Gasteiger partial charge is 0.308 e. The number of amides is 1. The Morgan fingerprint density at radius 3 is 2.70 bits per heavy atom. The van der Waals surface area contributed by atoms with Gasteiger partial charge in [0.2, 0.25) is 0 Å². The summed E-state index contributed by atoms with van der Waals surface area (Å²) >= 11 is 1.52. The van der Waals surface area contributed by atoms with Crippen molar-refractivity contribution < 1.29 is 9.18 Å². The van der Waals surface area contributed by atoms with Gasteiger partial charge in [-0.25, -0.2) is 9.37 Å². The highest BCUT2D eigenvalue weighted by atomic mass is 32.1. The molecular weight excluding hydrogens is 365 g/mol. The molecule has 0 bridgehead atoms.